The van der Waals surface area contributed by atoms with Gasteiger partial charge in [-0.1, -0.05) is 49.4 Å². The van der Waals surface area contributed by atoms with Crippen molar-refractivity contribution >= 4 is 29.3 Å². The number of aromatic nitrogens is 3. The van der Waals surface area contributed by atoms with Crippen molar-refractivity contribution in [1.82, 2.24) is 20.1 Å². The van der Waals surface area contributed by atoms with Crippen LogP contribution in [0.2, 0.25) is 0 Å². The summed E-state index contributed by atoms with van der Waals surface area (Å²) in [6.07, 6.45) is 0. The maximum absolute atomic E-state index is 13.7. The largest absolute Gasteiger partial charge is 0.342 e. The van der Waals surface area contributed by atoms with Crippen LogP contribution >= 0.6 is 11.8 Å². The summed E-state index contributed by atoms with van der Waals surface area (Å²) in [5, 5.41) is 15.0. The van der Waals surface area contributed by atoms with Crippen molar-refractivity contribution in [3.8, 4) is 0 Å². The molecular weight excluding hydrogens is 453 g/mol. The lowest BCUT2D eigenvalue weighted by atomic mass is 10.0. The van der Waals surface area contributed by atoms with Crippen LogP contribution < -0.4 is 10.6 Å². The van der Waals surface area contributed by atoms with Gasteiger partial charge in [0.15, 0.2) is 11.0 Å². The lowest BCUT2D eigenvalue weighted by Crippen LogP contribution is -2.33. The lowest BCUT2D eigenvalue weighted by molar-refractivity contribution is -0.113. The van der Waals surface area contributed by atoms with E-state index in [-0.39, 0.29) is 35.3 Å². The van der Waals surface area contributed by atoms with Crippen molar-refractivity contribution in [1.29, 1.82) is 0 Å². The number of hydrogen-bond acceptors (Lipinski definition) is 5. The molecule has 0 unspecified atom stereocenters. The van der Waals surface area contributed by atoms with Crippen LogP contribution in [0.25, 0.3) is 0 Å². The molecule has 0 aliphatic heterocycles. The van der Waals surface area contributed by atoms with Gasteiger partial charge < -0.3 is 15.2 Å². The highest BCUT2D eigenvalue weighted by Crippen LogP contribution is 2.26. The van der Waals surface area contributed by atoms with Gasteiger partial charge in [0.25, 0.3) is 5.91 Å². The summed E-state index contributed by atoms with van der Waals surface area (Å²) >= 11 is 1.25. The maximum Gasteiger partial charge on any atom is 0.251 e. The molecule has 3 rings (SSSR count). The number of amides is 2. The Morgan fingerprint density at radius 1 is 1.09 bits per heavy atom. The first kappa shape index (κ1) is 25.4. The number of anilines is 1. The van der Waals surface area contributed by atoms with E-state index in [0.717, 1.165) is 5.56 Å². The van der Waals surface area contributed by atoms with Crippen molar-refractivity contribution in [2.75, 3.05) is 11.1 Å². The number of halogens is 1. The minimum atomic E-state index is -0.367. The quantitative estimate of drug-likeness (QED) is 0.422. The third-order valence-electron chi connectivity index (χ3n) is 5.48. The molecule has 9 heteroatoms. The topological polar surface area (TPSA) is 88.9 Å². The van der Waals surface area contributed by atoms with Crippen LogP contribution in [0, 0.1) is 25.6 Å². The van der Waals surface area contributed by atoms with Crippen LogP contribution in [-0.2, 0) is 11.3 Å². The zero-order valence-electron chi connectivity index (χ0n) is 20.1. The molecule has 0 aliphatic rings. The summed E-state index contributed by atoms with van der Waals surface area (Å²) in [6.45, 7) is 10.2. The van der Waals surface area contributed by atoms with Gasteiger partial charge in [0.1, 0.15) is 5.82 Å². The molecule has 0 spiro atoms. The Bertz CT molecular complexity index is 1160. The van der Waals surface area contributed by atoms with Gasteiger partial charge in [-0.05, 0) is 51.0 Å². The second-order valence-corrected chi connectivity index (χ2v) is 9.34. The fraction of sp³-hybridized carbons (Fsp3) is 0.360. The fourth-order valence-corrected chi connectivity index (χ4v) is 4.26. The van der Waals surface area contributed by atoms with E-state index in [4.69, 9.17) is 0 Å². The number of hydrogen-bond donors (Lipinski definition) is 2. The van der Waals surface area contributed by atoms with E-state index in [9.17, 15) is 14.0 Å². The number of benzene rings is 2. The molecule has 0 saturated carbocycles. The molecule has 0 fully saturated rings. The van der Waals surface area contributed by atoms with Gasteiger partial charge in [0, 0.05) is 23.4 Å². The Balaban J connectivity index is 1.72. The first-order valence-electron chi connectivity index (χ1n) is 11.2. The molecular formula is C25H30FN5O2S. The standard InChI is InChI=1S/C25H30FN5O2S/c1-6-31-23(22(15(2)3)28-24(33)18-12-10-16(4)11-13-18)29-30-25(31)34-14-21(32)27-20-9-7-8-19(26)17(20)5/h7-13,15,22H,6,14H2,1-5H3,(H,27,32)(H,28,33)/t22-/m1/s1. The van der Waals surface area contributed by atoms with E-state index in [2.05, 4.69) is 20.8 Å². The molecule has 1 heterocycles. The number of nitrogens with one attached hydrogen (secondary N) is 2. The normalized spacial score (nSPS) is 12.0. The number of carbonyl (C=O) groups excluding carboxylic acids is 2. The van der Waals surface area contributed by atoms with Crippen molar-refractivity contribution in [2.24, 2.45) is 5.92 Å². The molecule has 0 aliphatic carbocycles. The molecule has 2 amide bonds. The van der Waals surface area contributed by atoms with E-state index >= 15 is 0 Å². The third-order valence-corrected chi connectivity index (χ3v) is 6.45. The average Bonchev–Trinajstić information content (AvgIpc) is 3.21. The van der Waals surface area contributed by atoms with E-state index in [1.54, 1.807) is 31.2 Å². The Morgan fingerprint density at radius 3 is 2.44 bits per heavy atom. The zero-order chi connectivity index (χ0) is 24.8. The molecule has 1 aromatic heterocycles. The SMILES string of the molecule is CCn1c(SCC(=O)Nc2cccc(F)c2C)nnc1[C@H](NC(=O)c1ccc(C)cc1)C(C)C. The predicted molar refractivity (Wildman–Crippen MR) is 132 cm³/mol. The summed E-state index contributed by atoms with van der Waals surface area (Å²) in [5.41, 5.74) is 2.50. The van der Waals surface area contributed by atoms with Gasteiger partial charge in [-0.15, -0.1) is 10.2 Å². The Morgan fingerprint density at radius 2 is 1.79 bits per heavy atom. The van der Waals surface area contributed by atoms with Crippen LogP contribution in [0.15, 0.2) is 47.6 Å². The summed E-state index contributed by atoms with van der Waals surface area (Å²) in [7, 11) is 0. The Kier molecular flexibility index (Phi) is 8.44. The zero-order valence-corrected chi connectivity index (χ0v) is 20.9. The highest BCUT2D eigenvalue weighted by Gasteiger charge is 2.26. The van der Waals surface area contributed by atoms with E-state index in [0.29, 0.717) is 34.3 Å². The first-order chi connectivity index (χ1) is 16.2. The molecule has 0 bridgehead atoms. The van der Waals surface area contributed by atoms with Gasteiger partial charge in [-0.25, -0.2) is 4.39 Å². The third kappa shape index (κ3) is 6.02. The number of nitrogens with zero attached hydrogens (tertiary/aromatic N) is 3. The van der Waals surface area contributed by atoms with Crippen LogP contribution in [0.4, 0.5) is 10.1 Å². The fourth-order valence-electron chi connectivity index (χ4n) is 3.45. The lowest BCUT2D eigenvalue weighted by Gasteiger charge is -2.22. The highest BCUT2D eigenvalue weighted by atomic mass is 32.2. The minimum Gasteiger partial charge on any atom is -0.342 e. The summed E-state index contributed by atoms with van der Waals surface area (Å²) in [5.74, 6) is -0.00524. The van der Waals surface area contributed by atoms with Gasteiger partial charge in [-0.2, -0.15) is 0 Å². The Labute approximate surface area is 203 Å². The van der Waals surface area contributed by atoms with Crippen LogP contribution in [0.3, 0.4) is 0 Å². The van der Waals surface area contributed by atoms with E-state index < -0.39 is 0 Å². The van der Waals surface area contributed by atoms with E-state index in [1.165, 1.54) is 17.8 Å². The average molecular weight is 484 g/mol. The molecule has 2 N–H and O–H groups in total. The number of thioether (sulfide) groups is 1. The molecule has 180 valence electrons. The number of aryl methyl sites for hydroxylation is 1. The van der Waals surface area contributed by atoms with Crippen molar-refractivity contribution in [3.05, 3.63) is 70.8 Å². The monoisotopic (exact) mass is 483 g/mol. The summed E-state index contributed by atoms with van der Waals surface area (Å²) in [4.78, 5) is 25.3. The molecule has 3 aromatic rings. The van der Waals surface area contributed by atoms with Gasteiger partial charge in [0.2, 0.25) is 5.91 Å². The molecule has 0 radical (unpaired) electrons. The first-order valence-corrected chi connectivity index (χ1v) is 12.2. The second kappa shape index (κ2) is 11.3. The smallest absolute Gasteiger partial charge is 0.251 e. The van der Waals surface area contributed by atoms with Crippen LogP contribution in [0.5, 0.6) is 0 Å². The van der Waals surface area contributed by atoms with E-state index in [1.807, 2.05) is 44.4 Å². The molecule has 7 nitrogen and oxygen atoms in total. The second-order valence-electron chi connectivity index (χ2n) is 8.40. The molecule has 2 aromatic carbocycles. The maximum atomic E-state index is 13.7. The summed E-state index contributed by atoms with van der Waals surface area (Å²) in [6, 6.07) is 11.6. The van der Waals surface area contributed by atoms with Crippen molar-refractivity contribution < 1.29 is 14.0 Å². The summed E-state index contributed by atoms with van der Waals surface area (Å²) < 4.78 is 15.6. The van der Waals surface area contributed by atoms with Gasteiger partial charge in [-0.3, -0.25) is 9.59 Å². The molecule has 1 atom stereocenters. The van der Waals surface area contributed by atoms with Gasteiger partial charge in [0.05, 0.1) is 11.8 Å². The minimum absolute atomic E-state index is 0.0704. The van der Waals surface area contributed by atoms with Crippen molar-refractivity contribution in [2.45, 2.75) is 52.4 Å². The van der Waals surface area contributed by atoms with Crippen LogP contribution in [-0.4, -0.2) is 32.3 Å². The van der Waals surface area contributed by atoms with Crippen molar-refractivity contribution in [3.63, 3.8) is 0 Å². The highest BCUT2D eigenvalue weighted by molar-refractivity contribution is 7.99. The predicted octanol–water partition coefficient (Wildman–Crippen LogP) is 4.91. The molecule has 34 heavy (non-hydrogen) atoms. The number of carbonyl (C=O) groups is 2. The Hall–Kier alpha value is -3.20. The van der Waals surface area contributed by atoms with Crippen LogP contribution in [0.1, 0.15) is 54.1 Å². The molecule has 0 saturated heterocycles. The van der Waals surface area contributed by atoms with Gasteiger partial charge >= 0.3 is 0 Å². The number of rotatable bonds is 9.